The first-order valence-corrected chi connectivity index (χ1v) is 10.2. The van der Waals surface area contributed by atoms with Gasteiger partial charge in [-0.25, -0.2) is 9.78 Å². The van der Waals surface area contributed by atoms with E-state index in [9.17, 15) is 14.4 Å². The predicted octanol–water partition coefficient (Wildman–Crippen LogP) is 3.15. The van der Waals surface area contributed by atoms with E-state index in [0.29, 0.717) is 34.1 Å². The van der Waals surface area contributed by atoms with Crippen molar-refractivity contribution >= 4 is 29.0 Å². The molecule has 0 atom stereocenters. The van der Waals surface area contributed by atoms with Crippen molar-refractivity contribution in [2.75, 3.05) is 27.9 Å². The molecule has 2 aromatic heterocycles. The molecule has 0 fully saturated rings. The molecule has 3 rings (SSSR count). The molecule has 32 heavy (non-hydrogen) atoms. The molecule has 166 valence electrons. The van der Waals surface area contributed by atoms with Crippen LogP contribution in [0.25, 0.3) is 11.3 Å². The van der Waals surface area contributed by atoms with E-state index in [1.807, 2.05) is 0 Å². The van der Waals surface area contributed by atoms with Gasteiger partial charge in [0.25, 0.3) is 5.91 Å². The van der Waals surface area contributed by atoms with Crippen LogP contribution >= 0.6 is 11.3 Å². The van der Waals surface area contributed by atoms with Gasteiger partial charge in [-0.15, -0.1) is 11.3 Å². The van der Waals surface area contributed by atoms with Crippen LogP contribution in [0, 0.1) is 0 Å². The van der Waals surface area contributed by atoms with E-state index < -0.39 is 17.7 Å². The van der Waals surface area contributed by atoms with Crippen molar-refractivity contribution in [3.63, 3.8) is 0 Å². The Bertz CT molecular complexity index is 1170. The summed E-state index contributed by atoms with van der Waals surface area (Å²) in [5.74, 6) is -0.664. The molecule has 9 nitrogen and oxygen atoms in total. The number of nitrogens with zero attached hydrogens (tertiary/aromatic N) is 1. The number of rotatable bonds is 9. The maximum absolute atomic E-state index is 12.6. The van der Waals surface area contributed by atoms with Crippen LogP contribution in [0.3, 0.4) is 0 Å². The Morgan fingerprint density at radius 3 is 2.28 bits per heavy atom. The first kappa shape index (κ1) is 22.8. The minimum atomic E-state index is -1.05. The highest BCUT2D eigenvalue weighted by molar-refractivity contribution is 7.12. The normalized spacial score (nSPS) is 10.3. The number of carboxylic acids is 1. The zero-order valence-electron chi connectivity index (χ0n) is 17.5. The van der Waals surface area contributed by atoms with Crippen LogP contribution in [-0.4, -0.2) is 55.6 Å². The van der Waals surface area contributed by atoms with E-state index in [2.05, 4.69) is 10.3 Å². The number of pyridine rings is 1. The second-order valence-electron chi connectivity index (χ2n) is 6.43. The number of aromatic nitrogens is 1. The Kier molecular flexibility index (Phi) is 7.06. The maximum atomic E-state index is 12.6. The van der Waals surface area contributed by atoms with E-state index in [-0.39, 0.29) is 17.1 Å². The average molecular weight is 456 g/mol. The Hall–Kier alpha value is -3.92. The van der Waals surface area contributed by atoms with Gasteiger partial charge in [-0.2, -0.15) is 0 Å². The van der Waals surface area contributed by atoms with Crippen LogP contribution < -0.4 is 19.5 Å². The molecular formula is C22H20N2O7S. The van der Waals surface area contributed by atoms with E-state index >= 15 is 0 Å². The number of Topliss-reactive ketones (excluding diaryl/α,β-unsaturated/α-hetero) is 1. The Balaban J connectivity index is 1.76. The second-order valence-corrected chi connectivity index (χ2v) is 7.34. The summed E-state index contributed by atoms with van der Waals surface area (Å²) in [4.78, 5) is 40.7. The van der Waals surface area contributed by atoms with E-state index in [0.717, 1.165) is 11.3 Å². The largest absolute Gasteiger partial charge is 0.494 e. The van der Waals surface area contributed by atoms with Crippen LogP contribution in [0.1, 0.15) is 30.5 Å². The number of thiophene rings is 1. The number of amides is 1. The van der Waals surface area contributed by atoms with Gasteiger partial charge in [-0.05, 0) is 36.4 Å². The summed E-state index contributed by atoms with van der Waals surface area (Å²) in [6.45, 7) is -0.282. The van der Waals surface area contributed by atoms with Gasteiger partial charge in [0.15, 0.2) is 17.3 Å². The Morgan fingerprint density at radius 1 is 0.969 bits per heavy atom. The molecule has 0 unspecified atom stereocenters. The average Bonchev–Trinajstić information content (AvgIpc) is 3.32. The van der Waals surface area contributed by atoms with Gasteiger partial charge in [-0.1, -0.05) is 0 Å². The summed E-state index contributed by atoms with van der Waals surface area (Å²) >= 11 is 1.05. The molecule has 10 heteroatoms. The molecule has 2 N–H and O–H groups in total. The molecule has 1 amide bonds. The zero-order valence-corrected chi connectivity index (χ0v) is 18.3. The second kappa shape index (κ2) is 9.92. The third-order valence-corrected chi connectivity index (χ3v) is 5.42. The SMILES string of the molecule is COc1ccc(C(=O)NCC(=O)c2ccc(OC)c(-c3csc(C(=O)O)c3)n2)cc1OC. The summed E-state index contributed by atoms with van der Waals surface area (Å²) < 4.78 is 15.6. The predicted molar refractivity (Wildman–Crippen MR) is 117 cm³/mol. The maximum Gasteiger partial charge on any atom is 0.345 e. The van der Waals surface area contributed by atoms with Crippen molar-refractivity contribution < 1.29 is 33.7 Å². The molecule has 0 aliphatic carbocycles. The molecule has 0 aliphatic rings. The summed E-state index contributed by atoms with van der Waals surface area (Å²) in [5.41, 5.74) is 1.27. The molecule has 0 saturated heterocycles. The lowest BCUT2D eigenvalue weighted by Crippen LogP contribution is -2.30. The van der Waals surface area contributed by atoms with Crippen molar-refractivity contribution in [1.82, 2.24) is 10.3 Å². The smallest absolute Gasteiger partial charge is 0.345 e. The first-order chi connectivity index (χ1) is 15.4. The van der Waals surface area contributed by atoms with Crippen molar-refractivity contribution in [2.45, 2.75) is 0 Å². The number of hydrogen-bond acceptors (Lipinski definition) is 8. The van der Waals surface area contributed by atoms with Gasteiger partial charge in [0.05, 0.1) is 27.9 Å². The van der Waals surface area contributed by atoms with Crippen molar-refractivity contribution in [1.29, 1.82) is 0 Å². The fourth-order valence-corrected chi connectivity index (χ4v) is 3.61. The van der Waals surface area contributed by atoms with Gasteiger partial charge in [0.2, 0.25) is 0 Å². The minimum Gasteiger partial charge on any atom is -0.494 e. The van der Waals surface area contributed by atoms with Crippen LogP contribution in [0.5, 0.6) is 17.2 Å². The molecular weight excluding hydrogens is 436 g/mol. The number of nitrogens with one attached hydrogen (secondary N) is 1. The van der Waals surface area contributed by atoms with Crippen molar-refractivity contribution in [2.24, 2.45) is 0 Å². The van der Waals surface area contributed by atoms with Gasteiger partial charge in [0, 0.05) is 16.5 Å². The van der Waals surface area contributed by atoms with Crippen molar-refractivity contribution in [3.05, 3.63) is 57.9 Å². The quantitative estimate of drug-likeness (QED) is 0.471. The topological polar surface area (TPSA) is 124 Å². The Labute approximate surface area is 187 Å². The number of carboxylic acid groups (broad SMARTS) is 1. The van der Waals surface area contributed by atoms with Gasteiger partial charge in [-0.3, -0.25) is 9.59 Å². The number of carbonyl (C=O) groups is 3. The van der Waals surface area contributed by atoms with Crippen LogP contribution in [-0.2, 0) is 0 Å². The van der Waals surface area contributed by atoms with Crippen LogP contribution in [0.15, 0.2) is 41.8 Å². The third kappa shape index (κ3) is 4.86. The number of benzene rings is 1. The number of ketones is 1. The van der Waals surface area contributed by atoms with Crippen molar-refractivity contribution in [3.8, 4) is 28.5 Å². The molecule has 0 saturated carbocycles. The summed E-state index contributed by atoms with van der Waals surface area (Å²) in [5, 5.41) is 13.3. The van der Waals surface area contributed by atoms with Gasteiger partial charge in [0.1, 0.15) is 22.0 Å². The molecule has 3 aromatic rings. The monoisotopic (exact) mass is 456 g/mol. The van der Waals surface area contributed by atoms with Crippen LogP contribution in [0.4, 0.5) is 0 Å². The number of hydrogen-bond donors (Lipinski definition) is 2. The number of methoxy groups -OCH3 is 3. The lowest BCUT2D eigenvalue weighted by atomic mass is 10.1. The number of ether oxygens (including phenoxy) is 3. The summed E-state index contributed by atoms with van der Waals surface area (Å²) in [6.07, 6.45) is 0. The Morgan fingerprint density at radius 2 is 1.66 bits per heavy atom. The fourth-order valence-electron chi connectivity index (χ4n) is 2.88. The summed E-state index contributed by atoms with van der Waals surface area (Å²) in [6, 6.07) is 9.19. The van der Waals surface area contributed by atoms with E-state index in [1.54, 1.807) is 23.6 Å². The first-order valence-electron chi connectivity index (χ1n) is 9.28. The number of carbonyl (C=O) groups excluding carboxylic acids is 2. The highest BCUT2D eigenvalue weighted by Gasteiger charge is 2.18. The molecule has 2 heterocycles. The third-order valence-electron chi connectivity index (χ3n) is 4.50. The van der Waals surface area contributed by atoms with Gasteiger partial charge >= 0.3 is 5.97 Å². The highest BCUT2D eigenvalue weighted by Crippen LogP contribution is 2.32. The molecule has 0 radical (unpaired) electrons. The lowest BCUT2D eigenvalue weighted by Gasteiger charge is -2.10. The van der Waals surface area contributed by atoms with E-state index in [1.165, 1.54) is 39.5 Å². The lowest BCUT2D eigenvalue weighted by molar-refractivity contribution is 0.0701. The highest BCUT2D eigenvalue weighted by atomic mass is 32.1. The summed E-state index contributed by atoms with van der Waals surface area (Å²) in [7, 11) is 4.41. The zero-order chi connectivity index (χ0) is 23.3. The molecule has 0 aliphatic heterocycles. The standard InChI is InChI=1S/C22H20N2O7S/c1-29-16-6-4-12(8-18(16)31-3)21(26)23-10-15(25)14-5-7-17(30-2)20(24-14)13-9-19(22(27)28)32-11-13/h4-9,11H,10H2,1-3H3,(H,23,26)(H,27,28). The molecule has 0 spiro atoms. The number of aromatic carboxylic acids is 1. The molecule has 1 aromatic carbocycles. The van der Waals surface area contributed by atoms with E-state index in [4.69, 9.17) is 19.3 Å². The minimum absolute atomic E-state index is 0.108. The van der Waals surface area contributed by atoms with Gasteiger partial charge < -0.3 is 24.6 Å². The fraction of sp³-hybridized carbons (Fsp3) is 0.182. The van der Waals surface area contributed by atoms with Crippen LogP contribution in [0.2, 0.25) is 0 Å². The molecule has 0 bridgehead atoms.